The fraction of sp³-hybridized carbons (Fsp3) is 0.692. The van der Waals surface area contributed by atoms with Crippen molar-refractivity contribution < 1.29 is 4.79 Å². The number of amides is 1. The number of nitrogens with zero attached hydrogens (tertiary/aromatic N) is 2. The molecule has 0 radical (unpaired) electrons. The Bertz CT molecular complexity index is 434. The van der Waals surface area contributed by atoms with Crippen LogP contribution < -0.4 is 15.5 Å². The molecule has 0 saturated carbocycles. The normalized spacial score (nSPS) is 21.3. The molecule has 1 aliphatic heterocycles. The van der Waals surface area contributed by atoms with Crippen molar-refractivity contribution in [3.63, 3.8) is 0 Å². The third kappa shape index (κ3) is 3.06. The van der Waals surface area contributed by atoms with Gasteiger partial charge in [-0.3, -0.25) is 4.79 Å². The summed E-state index contributed by atoms with van der Waals surface area (Å²) in [5, 5.41) is 9.32. The van der Waals surface area contributed by atoms with Crippen LogP contribution in [0.15, 0.2) is 5.38 Å². The van der Waals surface area contributed by atoms with Crippen LogP contribution in [0, 0.1) is 0 Å². The maximum Gasteiger partial charge on any atom is 0.242 e. The predicted octanol–water partition coefficient (Wildman–Crippen LogP) is 1.53. The van der Waals surface area contributed by atoms with Crippen molar-refractivity contribution in [1.82, 2.24) is 15.6 Å². The summed E-state index contributed by atoms with van der Waals surface area (Å²) in [4.78, 5) is 18.7. The number of thiazole rings is 1. The van der Waals surface area contributed by atoms with Crippen LogP contribution in [0.25, 0.3) is 0 Å². The van der Waals surface area contributed by atoms with Crippen molar-refractivity contribution in [3.05, 3.63) is 11.1 Å². The molecule has 0 aromatic carbocycles. The predicted molar refractivity (Wildman–Crippen MR) is 78.6 cm³/mol. The zero-order valence-electron chi connectivity index (χ0n) is 11.8. The van der Waals surface area contributed by atoms with E-state index in [0.717, 1.165) is 30.3 Å². The van der Waals surface area contributed by atoms with E-state index < -0.39 is 0 Å². The van der Waals surface area contributed by atoms with Gasteiger partial charge >= 0.3 is 0 Å². The van der Waals surface area contributed by atoms with Crippen molar-refractivity contribution in [2.75, 3.05) is 24.5 Å². The molecule has 1 aromatic rings. The molecule has 2 atom stereocenters. The lowest BCUT2D eigenvalue weighted by Crippen LogP contribution is -2.55. The van der Waals surface area contributed by atoms with Crippen LogP contribution in [0.5, 0.6) is 0 Å². The minimum Gasteiger partial charge on any atom is -0.353 e. The number of rotatable bonds is 5. The second kappa shape index (κ2) is 6.34. The van der Waals surface area contributed by atoms with E-state index in [9.17, 15) is 4.79 Å². The molecular weight excluding hydrogens is 260 g/mol. The van der Waals surface area contributed by atoms with E-state index in [0.29, 0.717) is 6.54 Å². The summed E-state index contributed by atoms with van der Waals surface area (Å²) in [6.45, 7) is 8.71. The highest BCUT2D eigenvalue weighted by Gasteiger charge is 2.30. The van der Waals surface area contributed by atoms with Gasteiger partial charge in [0.05, 0.1) is 5.69 Å². The van der Waals surface area contributed by atoms with Crippen LogP contribution in [0.3, 0.4) is 0 Å². The van der Waals surface area contributed by atoms with Gasteiger partial charge in [-0.25, -0.2) is 4.98 Å². The number of nitrogens with one attached hydrogen (secondary N) is 2. The Balaban J connectivity index is 2.14. The first kappa shape index (κ1) is 14.3. The number of hydrogen-bond acceptors (Lipinski definition) is 5. The Morgan fingerprint density at radius 2 is 2.42 bits per heavy atom. The molecule has 19 heavy (non-hydrogen) atoms. The summed E-state index contributed by atoms with van der Waals surface area (Å²) in [6.07, 6.45) is 0.809. The molecule has 2 rings (SSSR count). The van der Waals surface area contributed by atoms with Gasteiger partial charge in [-0.05, 0) is 19.9 Å². The van der Waals surface area contributed by atoms with Gasteiger partial charge < -0.3 is 15.5 Å². The van der Waals surface area contributed by atoms with Crippen LogP contribution in [0.4, 0.5) is 5.13 Å². The van der Waals surface area contributed by atoms with Crippen LogP contribution >= 0.6 is 11.3 Å². The van der Waals surface area contributed by atoms with Gasteiger partial charge in [0.15, 0.2) is 5.13 Å². The van der Waals surface area contributed by atoms with E-state index in [1.54, 1.807) is 11.3 Å². The first-order valence-corrected chi connectivity index (χ1v) is 7.78. The van der Waals surface area contributed by atoms with Crippen LogP contribution in [-0.4, -0.2) is 36.6 Å². The lowest BCUT2D eigenvalue weighted by molar-refractivity contribution is -0.123. The quantitative estimate of drug-likeness (QED) is 0.860. The fourth-order valence-corrected chi connectivity index (χ4v) is 3.36. The minimum atomic E-state index is -0.0813. The topological polar surface area (TPSA) is 57.3 Å². The summed E-state index contributed by atoms with van der Waals surface area (Å²) in [6, 6.07) is 0.177. The molecule has 2 heterocycles. The molecule has 2 N–H and O–H groups in total. The van der Waals surface area contributed by atoms with Crippen LogP contribution in [0.2, 0.25) is 0 Å². The first-order valence-electron chi connectivity index (χ1n) is 6.90. The second-order valence-electron chi connectivity index (χ2n) is 4.74. The highest BCUT2D eigenvalue weighted by molar-refractivity contribution is 7.13. The van der Waals surface area contributed by atoms with E-state index in [1.165, 1.54) is 0 Å². The SMILES string of the molecule is CCNC(C)c1csc(N2CCNC(=O)C2CC)n1. The van der Waals surface area contributed by atoms with E-state index in [2.05, 4.69) is 39.7 Å². The molecule has 0 aliphatic carbocycles. The Labute approximate surface area is 118 Å². The average Bonchev–Trinajstić information content (AvgIpc) is 2.88. The summed E-state index contributed by atoms with van der Waals surface area (Å²) in [7, 11) is 0. The number of anilines is 1. The van der Waals surface area contributed by atoms with Gasteiger partial charge in [-0.1, -0.05) is 13.8 Å². The first-order chi connectivity index (χ1) is 9.17. The summed E-state index contributed by atoms with van der Waals surface area (Å²) < 4.78 is 0. The second-order valence-corrected chi connectivity index (χ2v) is 5.58. The van der Waals surface area contributed by atoms with Gasteiger partial charge in [-0.15, -0.1) is 11.3 Å². The van der Waals surface area contributed by atoms with Gasteiger partial charge in [-0.2, -0.15) is 0 Å². The summed E-state index contributed by atoms with van der Waals surface area (Å²) in [5.74, 6) is 0.116. The molecule has 1 saturated heterocycles. The van der Waals surface area contributed by atoms with E-state index in [-0.39, 0.29) is 18.0 Å². The number of hydrogen-bond donors (Lipinski definition) is 2. The summed E-state index contributed by atoms with van der Waals surface area (Å²) >= 11 is 1.63. The Hall–Kier alpha value is -1.14. The fourth-order valence-electron chi connectivity index (χ4n) is 2.37. The molecule has 0 bridgehead atoms. The third-order valence-electron chi connectivity index (χ3n) is 3.43. The Morgan fingerprint density at radius 1 is 1.63 bits per heavy atom. The largest absolute Gasteiger partial charge is 0.353 e. The molecular formula is C13H22N4OS. The van der Waals surface area contributed by atoms with Crippen molar-refractivity contribution in [2.24, 2.45) is 0 Å². The van der Waals surface area contributed by atoms with Crippen molar-refractivity contribution in [1.29, 1.82) is 0 Å². The smallest absolute Gasteiger partial charge is 0.242 e. The molecule has 106 valence electrons. The molecule has 2 unspecified atom stereocenters. The van der Waals surface area contributed by atoms with E-state index >= 15 is 0 Å². The van der Waals surface area contributed by atoms with Gasteiger partial charge in [0.2, 0.25) is 5.91 Å². The molecule has 1 aliphatic rings. The molecule has 5 nitrogen and oxygen atoms in total. The number of piperazine rings is 1. The molecule has 6 heteroatoms. The molecule has 1 fully saturated rings. The highest BCUT2D eigenvalue weighted by Crippen LogP contribution is 2.27. The van der Waals surface area contributed by atoms with Gasteiger partial charge in [0.25, 0.3) is 0 Å². The summed E-state index contributed by atoms with van der Waals surface area (Å²) in [5.41, 5.74) is 1.06. The lowest BCUT2D eigenvalue weighted by atomic mass is 10.1. The Kier molecular flexibility index (Phi) is 4.76. The Morgan fingerprint density at radius 3 is 3.11 bits per heavy atom. The number of carbonyl (C=O) groups excluding carboxylic acids is 1. The monoisotopic (exact) mass is 282 g/mol. The standard InChI is InChI=1S/C13H22N4OS/c1-4-11-12(18)15-6-7-17(11)13-16-10(8-19-13)9(3)14-5-2/h8-9,11,14H,4-7H2,1-3H3,(H,15,18). The maximum atomic E-state index is 11.9. The minimum absolute atomic E-state index is 0.0813. The molecule has 1 amide bonds. The van der Waals surface area contributed by atoms with E-state index in [1.807, 2.05) is 6.92 Å². The number of aromatic nitrogens is 1. The maximum absolute atomic E-state index is 11.9. The van der Waals surface area contributed by atoms with Crippen molar-refractivity contribution in [2.45, 2.75) is 39.3 Å². The van der Waals surface area contributed by atoms with Gasteiger partial charge in [0, 0.05) is 24.5 Å². The zero-order chi connectivity index (χ0) is 13.8. The van der Waals surface area contributed by atoms with Crippen LogP contribution in [-0.2, 0) is 4.79 Å². The van der Waals surface area contributed by atoms with Gasteiger partial charge in [0.1, 0.15) is 6.04 Å². The highest BCUT2D eigenvalue weighted by atomic mass is 32.1. The van der Waals surface area contributed by atoms with Crippen molar-refractivity contribution in [3.8, 4) is 0 Å². The van der Waals surface area contributed by atoms with E-state index in [4.69, 9.17) is 0 Å². The van der Waals surface area contributed by atoms with Crippen LogP contribution in [0.1, 0.15) is 38.9 Å². The zero-order valence-corrected chi connectivity index (χ0v) is 12.6. The average molecular weight is 282 g/mol. The lowest BCUT2D eigenvalue weighted by Gasteiger charge is -2.34. The molecule has 1 aromatic heterocycles. The number of carbonyl (C=O) groups is 1. The van der Waals surface area contributed by atoms with Crippen molar-refractivity contribution >= 4 is 22.4 Å². The third-order valence-corrected chi connectivity index (χ3v) is 4.32. The molecule has 0 spiro atoms.